The van der Waals surface area contributed by atoms with Crippen molar-refractivity contribution < 1.29 is 22.7 Å². The lowest BCUT2D eigenvalue weighted by Gasteiger charge is -2.35. The summed E-state index contributed by atoms with van der Waals surface area (Å²) in [5.41, 5.74) is 1.53. The van der Waals surface area contributed by atoms with Crippen LogP contribution in [-0.4, -0.2) is 40.5 Å². The van der Waals surface area contributed by atoms with E-state index in [4.69, 9.17) is 10.6 Å². The number of nitrogen functional groups attached to an aromatic ring is 1. The predicted molar refractivity (Wildman–Crippen MR) is 89.9 cm³/mol. The number of hydrogen-bond acceptors (Lipinski definition) is 6. The second-order valence-electron chi connectivity index (χ2n) is 7.11. The highest BCUT2D eigenvalue weighted by molar-refractivity contribution is 5.68. The van der Waals surface area contributed by atoms with Gasteiger partial charge in [-0.05, 0) is 45.2 Å². The summed E-state index contributed by atoms with van der Waals surface area (Å²) >= 11 is 0. The molecule has 0 unspecified atom stereocenters. The Bertz CT molecular complexity index is 616. The third kappa shape index (κ3) is 5.21. The summed E-state index contributed by atoms with van der Waals surface area (Å²) in [7, 11) is 0. The van der Waals surface area contributed by atoms with Crippen molar-refractivity contribution >= 4 is 11.9 Å². The summed E-state index contributed by atoms with van der Waals surface area (Å²) < 4.78 is 46.5. The molecular formula is C16H24F3N5O2. The second kappa shape index (κ2) is 7.67. The third-order valence-corrected chi connectivity index (χ3v) is 3.87. The summed E-state index contributed by atoms with van der Waals surface area (Å²) in [6.45, 7) is 5.27. The molecule has 0 radical (unpaired) electrons. The number of halogens is 3. The zero-order valence-corrected chi connectivity index (χ0v) is 14.9. The molecule has 1 aromatic heterocycles. The largest absolute Gasteiger partial charge is 0.444 e. The van der Waals surface area contributed by atoms with Crippen molar-refractivity contribution in [1.82, 2.24) is 15.2 Å². The molecule has 1 aliphatic rings. The van der Waals surface area contributed by atoms with Crippen LogP contribution < -0.4 is 16.6 Å². The molecule has 146 valence electrons. The number of alkyl halides is 3. The fourth-order valence-corrected chi connectivity index (χ4v) is 2.92. The van der Waals surface area contributed by atoms with Crippen LogP contribution in [0.25, 0.3) is 0 Å². The molecule has 0 bridgehead atoms. The third-order valence-electron chi connectivity index (χ3n) is 3.87. The van der Waals surface area contributed by atoms with Crippen molar-refractivity contribution in [2.45, 2.75) is 57.6 Å². The summed E-state index contributed by atoms with van der Waals surface area (Å²) in [6, 6.07) is 0.813. The Balaban J connectivity index is 2.22. The Kier molecular flexibility index (Phi) is 5.97. The number of nitrogens with zero attached hydrogens (tertiary/aromatic N) is 2. The number of anilines is 1. The monoisotopic (exact) mass is 375 g/mol. The highest BCUT2D eigenvalue weighted by Gasteiger charge is 2.48. The zero-order chi connectivity index (χ0) is 19.5. The standard InChI is InChI=1S/C16H24F3N5O2/c1-15(2,3)26-14(25)22-12-5-4-8-24(12)13(16(17,18)19)10-6-7-11(23-20)21-9-10/h6-7,9,12-13H,4-5,8,20H2,1-3H3,(H,21,23)(H,22,25)/t12-,13+/m0/s1. The molecule has 7 nitrogen and oxygen atoms in total. The second-order valence-corrected chi connectivity index (χ2v) is 7.11. The maximum atomic E-state index is 13.8. The molecule has 1 fully saturated rings. The van der Waals surface area contributed by atoms with E-state index in [0.29, 0.717) is 12.8 Å². The van der Waals surface area contributed by atoms with E-state index in [1.807, 2.05) is 0 Å². The van der Waals surface area contributed by atoms with Crippen molar-refractivity contribution in [1.29, 1.82) is 0 Å². The van der Waals surface area contributed by atoms with Gasteiger partial charge < -0.3 is 15.5 Å². The van der Waals surface area contributed by atoms with Crippen molar-refractivity contribution in [2.24, 2.45) is 5.84 Å². The van der Waals surface area contributed by atoms with E-state index in [1.54, 1.807) is 20.8 Å². The van der Waals surface area contributed by atoms with Crippen molar-refractivity contribution in [3.05, 3.63) is 23.9 Å². The fraction of sp³-hybridized carbons (Fsp3) is 0.625. The topological polar surface area (TPSA) is 92.5 Å². The number of carbonyl (C=O) groups is 1. The van der Waals surface area contributed by atoms with Gasteiger partial charge in [-0.2, -0.15) is 13.2 Å². The predicted octanol–water partition coefficient (Wildman–Crippen LogP) is 2.92. The van der Waals surface area contributed by atoms with Gasteiger partial charge in [0.15, 0.2) is 0 Å². The lowest BCUT2D eigenvalue weighted by molar-refractivity contribution is -0.190. The van der Waals surface area contributed by atoms with Crippen LogP contribution in [0, 0.1) is 0 Å². The number of nitrogens with one attached hydrogen (secondary N) is 2. The van der Waals surface area contributed by atoms with E-state index >= 15 is 0 Å². The molecule has 2 heterocycles. The smallest absolute Gasteiger partial charge is 0.408 e. The molecule has 4 N–H and O–H groups in total. The number of amides is 1. The Morgan fingerprint density at radius 1 is 1.38 bits per heavy atom. The van der Waals surface area contributed by atoms with Gasteiger partial charge in [-0.3, -0.25) is 4.90 Å². The van der Waals surface area contributed by atoms with E-state index in [9.17, 15) is 18.0 Å². The quantitative estimate of drug-likeness (QED) is 0.554. The Morgan fingerprint density at radius 2 is 2.08 bits per heavy atom. The normalized spacial score (nSPS) is 19.9. The summed E-state index contributed by atoms with van der Waals surface area (Å²) in [6.07, 6.45) is -3.97. The molecule has 1 saturated heterocycles. The molecule has 0 aromatic carbocycles. The number of hydrogen-bond donors (Lipinski definition) is 3. The van der Waals surface area contributed by atoms with Gasteiger partial charge in [0.2, 0.25) is 0 Å². The van der Waals surface area contributed by atoms with Crippen molar-refractivity contribution in [2.75, 3.05) is 12.0 Å². The van der Waals surface area contributed by atoms with Crippen LogP contribution in [0.3, 0.4) is 0 Å². The average molecular weight is 375 g/mol. The first-order valence-corrected chi connectivity index (χ1v) is 8.26. The van der Waals surface area contributed by atoms with Gasteiger partial charge in [0.25, 0.3) is 0 Å². The molecule has 1 aromatic rings. The van der Waals surface area contributed by atoms with E-state index in [-0.39, 0.29) is 17.9 Å². The summed E-state index contributed by atoms with van der Waals surface area (Å²) in [5.74, 6) is 5.47. The van der Waals surface area contributed by atoms with E-state index < -0.39 is 30.1 Å². The molecule has 1 aliphatic heterocycles. The van der Waals surface area contributed by atoms with Gasteiger partial charge in [0, 0.05) is 12.7 Å². The number of alkyl carbamates (subject to hydrolysis) is 1. The molecular weight excluding hydrogens is 351 g/mol. The zero-order valence-electron chi connectivity index (χ0n) is 14.9. The van der Waals surface area contributed by atoms with Crippen LogP contribution in [0.1, 0.15) is 45.2 Å². The van der Waals surface area contributed by atoms with Crippen molar-refractivity contribution in [3.63, 3.8) is 0 Å². The summed E-state index contributed by atoms with van der Waals surface area (Å²) in [4.78, 5) is 17.1. The molecule has 0 saturated carbocycles. The molecule has 2 rings (SSSR count). The van der Waals surface area contributed by atoms with E-state index in [2.05, 4.69) is 15.7 Å². The maximum absolute atomic E-state index is 13.8. The number of ether oxygens (including phenoxy) is 1. The van der Waals surface area contributed by atoms with Crippen LogP contribution in [0.5, 0.6) is 0 Å². The average Bonchev–Trinajstić information content (AvgIpc) is 2.92. The van der Waals surface area contributed by atoms with Crippen LogP contribution >= 0.6 is 0 Å². The molecule has 2 atom stereocenters. The Labute approximate surface area is 150 Å². The molecule has 26 heavy (non-hydrogen) atoms. The minimum absolute atomic E-state index is 0.0191. The highest BCUT2D eigenvalue weighted by Crippen LogP contribution is 2.40. The van der Waals surface area contributed by atoms with Gasteiger partial charge in [-0.15, -0.1) is 0 Å². The fourth-order valence-electron chi connectivity index (χ4n) is 2.92. The van der Waals surface area contributed by atoms with Gasteiger partial charge in [0.05, 0.1) is 6.17 Å². The highest BCUT2D eigenvalue weighted by atomic mass is 19.4. The van der Waals surface area contributed by atoms with E-state index in [0.717, 1.165) is 6.20 Å². The number of pyridine rings is 1. The maximum Gasteiger partial charge on any atom is 0.408 e. The SMILES string of the molecule is CC(C)(C)OC(=O)N[C@@H]1CCCN1[C@H](c1ccc(NN)nc1)C(F)(F)F. The molecule has 0 aliphatic carbocycles. The van der Waals surface area contributed by atoms with Crippen LogP contribution in [0.4, 0.5) is 23.8 Å². The van der Waals surface area contributed by atoms with Gasteiger partial charge in [-0.25, -0.2) is 15.6 Å². The van der Waals surface area contributed by atoms with Gasteiger partial charge in [0.1, 0.15) is 17.5 Å². The summed E-state index contributed by atoms with van der Waals surface area (Å²) in [5, 5.41) is 2.54. The minimum atomic E-state index is -4.53. The number of nitrogens with two attached hydrogens (primary N) is 1. The van der Waals surface area contributed by atoms with E-state index in [1.165, 1.54) is 17.0 Å². The number of aromatic nitrogens is 1. The first-order chi connectivity index (χ1) is 12.0. The molecule has 10 heteroatoms. The Hall–Kier alpha value is -2.07. The van der Waals surface area contributed by atoms with Crippen molar-refractivity contribution in [3.8, 4) is 0 Å². The lowest BCUT2D eigenvalue weighted by atomic mass is 10.1. The van der Waals surface area contributed by atoms with Gasteiger partial charge in [-0.1, -0.05) is 6.07 Å². The minimum Gasteiger partial charge on any atom is -0.444 e. The Morgan fingerprint density at radius 3 is 2.58 bits per heavy atom. The van der Waals surface area contributed by atoms with Crippen LogP contribution in [0.2, 0.25) is 0 Å². The number of rotatable bonds is 4. The number of likely N-dealkylation sites (tertiary alicyclic amines) is 1. The molecule has 0 spiro atoms. The van der Waals surface area contributed by atoms with Crippen LogP contribution in [0.15, 0.2) is 18.3 Å². The molecule has 1 amide bonds. The number of hydrazine groups is 1. The van der Waals surface area contributed by atoms with Gasteiger partial charge >= 0.3 is 12.3 Å². The first-order valence-electron chi connectivity index (χ1n) is 8.26. The number of carbonyl (C=O) groups excluding carboxylic acids is 1. The lowest BCUT2D eigenvalue weighted by Crippen LogP contribution is -2.50. The van der Waals surface area contributed by atoms with Crippen LogP contribution in [-0.2, 0) is 4.74 Å². The first kappa shape index (κ1) is 20.2.